The summed E-state index contributed by atoms with van der Waals surface area (Å²) in [6.45, 7) is 11.3. The molecule has 2 aliphatic rings. The smallest absolute Gasteiger partial charge is 0.305 e. The number of carboxylic acids is 1. The molecule has 2 aromatic rings. The van der Waals surface area contributed by atoms with Gasteiger partial charge in [-0.05, 0) is 60.7 Å². The number of aliphatic imine (C=N–C) groups is 1. The highest BCUT2D eigenvalue weighted by Gasteiger charge is 2.53. The van der Waals surface area contributed by atoms with Gasteiger partial charge in [-0.3, -0.25) is 19.3 Å². The van der Waals surface area contributed by atoms with Crippen LogP contribution in [0.25, 0.3) is 0 Å². The van der Waals surface area contributed by atoms with Gasteiger partial charge >= 0.3 is 5.97 Å². The molecule has 43 heavy (non-hydrogen) atoms. The van der Waals surface area contributed by atoms with E-state index in [1.54, 1.807) is 30.3 Å². The number of nitrogens with one attached hydrogen (secondary N) is 1. The molecule has 2 heterocycles. The summed E-state index contributed by atoms with van der Waals surface area (Å²) in [5, 5.41) is 12.4. The molecule has 232 valence electrons. The monoisotopic (exact) mass is 628 g/mol. The van der Waals surface area contributed by atoms with Gasteiger partial charge in [-0.1, -0.05) is 75.9 Å². The number of nitrogens with zero attached hydrogens (tertiary/aromatic N) is 3. The van der Waals surface area contributed by atoms with E-state index in [2.05, 4.69) is 37.9 Å². The summed E-state index contributed by atoms with van der Waals surface area (Å²) >= 11 is 12.7. The van der Waals surface area contributed by atoms with Crippen molar-refractivity contribution in [2.24, 2.45) is 10.4 Å². The molecule has 2 unspecified atom stereocenters. The number of hydrogen-bond donors (Lipinski definition) is 2. The van der Waals surface area contributed by atoms with Gasteiger partial charge in [-0.2, -0.15) is 0 Å². The Hall–Kier alpha value is -2.94. The third-order valence-electron chi connectivity index (χ3n) is 8.13. The summed E-state index contributed by atoms with van der Waals surface area (Å²) < 4.78 is 0. The molecular weight excluding hydrogens is 587 g/mol. The van der Waals surface area contributed by atoms with Crippen LogP contribution in [0.3, 0.4) is 0 Å². The largest absolute Gasteiger partial charge is 0.481 e. The fraction of sp³-hybridized carbons (Fsp3) is 0.515. The van der Waals surface area contributed by atoms with Crippen molar-refractivity contribution in [2.45, 2.75) is 77.9 Å². The van der Waals surface area contributed by atoms with Crippen molar-refractivity contribution in [1.82, 2.24) is 15.1 Å². The van der Waals surface area contributed by atoms with E-state index in [9.17, 15) is 14.4 Å². The van der Waals surface area contributed by atoms with Crippen LogP contribution in [0.15, 0.2) is 47.5 Å². The van der Waals surface area contributed by atoms with Crippen LogP contribution >= 0.6 is 23.2 Å². The number of amides is 2. The third kappa shape index (κ3) is 8.16. The molecule has 0 radical (unpaired) electrons. The molecule has 1 spiro atoms. The fourth-order valence-electron chi connectivity index (χ4n) is 5.83. The van der Waals surface area contributed by atoms with Gasteiger partial charge in [0.15, 0.2) is 0 Å². The molecule has 0 aliphatic carbocycles. The number of carboxylic acid groups (broad SMARTS) is 1. The van der Waals surface area contributed by atoms with Crippen molar-refractivity contribution in [2.75, 3.05) is 26.2 Å². The second kappa shape index (κ2) is 13.8. The van der Waals surface area contributed by atoms with Gasteiger partial charge in [0.2, 0.25) is 0 Å². The number of benzene rings is 2. The van der Waals surface area contributed by atoms with Gasteiger partial charge in [-0.15, -0.1) is 0 Å². The summed E-state index contributed by atoms with van der Waals surface area (Å²) in [6, 6.07) is 12.1. The van der Waals surface area contributed by atoms with Crippen molar-refractivity contribution in [1.29, 1.82) is 0 Å². The highest BCUT2D eigenvalue weighted by atomic mass is 35.5. The van der Waals surface area contributed by atoms with Crippen molar-refractivity contribution in [3.05, 3.63) is 69.2 Å². The maximum Gasteiger partial charge on any atom is 0.305 e. The number of likely N-dealkylation sites (tertiary alicyclic amines) is 1. The first-order chi connectivity index (χ1) is 20.3. The first-order valence-electron chi connectivity index (χ1n) is 15.0. The quantitative estimate of drug-likeness (QED) is 0.276. The Morgan fingerprint density at radius 2 is 1.79 bits per heavy atom. The Labute approximate surface area is 264 Å². The van der Waals surface area contributed by atoms with Gasteiger partial charge in [0.05, 0.1) is 12.5 Å². The van der Waals surface area contributed by atoms with Crippen LogP contribution in [0.5, 0.6) is 0 Å². The number of unbranched alkanes of at least 4 members (excludes halogenated alkanes) is 1. The Morgan fingerprint density at radius 3 is 2.40 bits per heavy atom. The van der Waals surface area contributed by atoms with E-state index in [1.807, 2.05) is 17.0 Å². The molecule has 10 heteroatoms. The van der Waals surface area contributed by atoms with Gasteiger partial charge in [0.25, 0.3) is 11.8 Å². The lowest BCUT2D eigenvalue weighted by atomic mass is 9.92. The van der Waals surface area contributed by atoms with Crippen molar-refractivity contribution < 1.29 is 19.5 Å². The fourth-order valence-corrected chi connectivity index (χ4v) is 6.36. The number of halogens is 2. The van der Waals surface area contributed by atoms with Gasteiger partial charge in [0.1, 0.15) is 11.4 Å². The minimum absolute atomic E-state index is 0.0548. The van der Waals surface area contributed by atoms with Crippen LogP contribution in [0.2, 0.25) is 10.0 Å². The molecule has 2 N–H and O–H groups in total. The van der Waals surface area contributed by atoms with E-state index in [4.69, 9.17) is 33.3 Å². The normalized spacial score (nSPS) is 19.6. The molecule has 2 amide bonds. The lowest BCUT2D eigenvalue weighted by Crippen LogP contribution is -2.50. The zero-order valence-electron chi connectivity index (χ0n) is 25.5. The number of rotatable bonds is 12. The highest BCUT2D eigenvalue weighted by Crippen LogP contribution is 2.43. The Bertz CT molecular complexity index is 1350. The molecule has 8 nitrogen and oxygen atoms in total. The van der Waals surface area contributed by atoms with Crippen molar-refractivity contribution in [3.8, 4) is 0 Å². The molecule has 0 bridgehead atoms. The van der Waals surface area contributed by atoms with E-state index >= 15 is 0 Å². The summed E-state index contributed by atoms with van der Waals surface area (Å²) in [5.74, 6) is -1.45. The lowest BCUT2D eigenvalue weighted by Gasteiger charge is -2.40. The Morgan fingerprint density at radius 1 is 1.12 bits per heavy atom. The predicted octanol–water partition coefficient (Wildman–Crippen LogP) is 6.60. The number of aliphatic carboxylic acids is 1. The van der Waals surface area contributed by atoms with Crippen molar-refractivity contribution in [3.63, 3.8) is 0 Å². The van der Waals surface area contributed by atoms with E-state index in [-0.39, 0.29) is 36.2 Å². The van der Waals surface area contributed by atoms with Crippen LogP contribution in [-0.2, 0) is 9.59 Å². The summed E-state index contributed by atoms with van der Waals surface area (Å²) in [7, 11) is 0. The Balaban J connectivity index is 1.69. The second-order valence-corrected chi connectivity index (χ2v) is 13.7. The average molecular weight is 630 g/mol. The minimum atomic E-state index is -0.968. The van der Waals surface area contributed by atoms with Gasteiger partial charge < -0.3 is 15.3 Å². The van der Waals surface area contributed by atoms with E-state index in [1.165, 1.54) is 0 Å². The molecule has 0 aromatic heterocycles. The van der Waals surface area contributed by atoms with Crippen LogP contribution in [0.1, 0.15) is 93.7 Å². The van der Waals surface area contributed by atoms with Gasteiger partial charge in [-0.25, -0.2) is 4.99 Å². The first kappa shape index (κ1) is 33.0. The predicted molar refractivity (Wildman–Crippen MR) is 171 cm³/mol. The molecule has 0 saturated carbocycles. The van der Waals surface area contributed by atoms with Crippen molar-refractivity contribution >= 4 is 46.7 Å². The number of carbonyl (C=O) groups excluding carboxylic acids is 2. The van der Waals surface area contributed by atoms with E-state index < -0.39 is 11.6 Å². The van der Waals surface area contributed by atoms with E-state index in [0.717, 1.165) is 44.3 Å². The average Bonchev–Trinajstić information content (AvgIpc) is 3.47. The Kier molecular flexibility index (Phi) is 10.6. The van der Waals surface area contributed by atoms with Crippen LogP contribution in [-0.4, -0.2) is 70.2 Å². The molecular formula is C33H42Cl2N4O4. The molecule has 2 aromatic carbocycles. The zero-order valence-corrected chi connectivity index (χ0v) is 27.0. The lowest BCUT2D eigenvalue weighted by molar-refractivity contribution is -0.137. The first-order valence-corrected chi connectivity index (χ1v) is 15.8. The molecule has 1 saturated heterocycles. The summed E-state index contributed by atoms with van der Waals surface area (Å²) in [4.78, 5) is 47.4. The SMILES string of the molecule is CCCCC(c1ccc(C(=O)NCCC(=O)O)cc1)N1C(=O)C(c2cc(Cl)cc(Cl)c2)=NC12CCN(CCC(C)(C)C)C2. The standard InChI is InChI=1S/C33H42Cl2N4O4/c1-5-6-7-27(22-8-10-23(11-9-22)30(42)36-15-12-28(40)41)39-31(43)29(24-18-25(34)20-26(35)19-24)37-33(39)14-17-38(21-33)16-13-32(2,3)4/h8-11,18-20,27H,5-7,12-17,21H2,1-4H3,(H,36,42)(H,40,41). The molecule has 2 atom stereocenters. The third-order valence-corrected chi connectivity index (χ3v) is 8.57. The number of hydrogen-bond acceptors (Lipinski definition) is 5. The second-order valence-electron chi connectivity index (χ2n) is 12.8. The van der Waals surface area contributed by atoms with Crippen LogP contribution < -0.4 is 5.32 Å². The maximum absolute atomic E-state index is 14.4. The number of carbonyl (C=O) groups is 3. The molecule has 4 rings (SSSR count). The highest BCUT2D eigenvalue weighted by molar-refractivity contribution is 6.48. The van der Waals surface area contributed by atoms with Gasteiger partial charge in [0, 0.05) is 47.2 Å². The summed E-state index contributed by atoms with van der Waals surface area (Å²) in [6.07, 6.45) is 4.23. The maximum atomic E-state index is 14.4. The van der Waals surface area contributed by atoms with E-state index in [0.29, 0.717) is 39.8 Å². The topological polar surface area (TPSA) is 102 Å². The van der Waals surface area contributed by atoms with Crippen LogP contribution in [0, 0.1) is 5.41 Å². The molecule has 1 fully saturated rings. The molecule has 2 aliphatic heterocycles. The zero-order chi connectivity index (χ0) is 31.4. The summed E-state index contributed by atoms with van der Waals surface area (Å²) in [5.41, 5.74) is 1.81. The minimum Gasteiger partial charge on any atom is -0.481 e. The van der Waals surface area contributed by atoms with Crippen LogP contribution in [0.4, 0.5) is 0 Å².